The Morgan fingerprint density at radius 1 is 1.07 bits per heavy atom. The van der Waals surface area contributed by atoms with Crippen LogP contribution >= 0.6 is 0 Å². The third-order valence-corrected chi connectivity index (χ3v) is 9.03. The first-order valence-corrected chi connectivity index (χ1v) is 11.7. The lowest BCUT2D eigenvalue weighted by Crippen LogP contribution is -2.58. The summed E-state index contributed by atoms with van der Waals surface area (Å²) in [6.45, 7) is 4.31. The number of carbonyl (C=O) groups is 1. The lowest BCUT2D eigenvalue weighted by atomic mass is 9.87. The van der Waals surface area contributed by atoms with Crippen LogP contribution in [0.15, 0.2) is 34.7 Å². The fraction of sp³-hybridized carbons (Fsp3) is 0.500. The number of amides is 1. The molecule has 0 N–H and O–H groups in total. The van der Waals surface area contributed by atoms with Gasteiger partial charge in [0.15, 0.2) is 9.84 Å². The van der Waals surface area contributed by atoms with Crippen LogP contribution in [0.3, 0.4) is 0 Å². The van der Waals surface area contributed by atoms with Gasteiger partial charge in [0.2, 0.25) is 0 Å². The van der Waals surface area contributed by atoms with E-state index in [-0.39, 0.29) is 18.2 Å². The van der Waals surface area contributed by atoms with Crippen molar-refractivity contribution >= 4 is 15.7 Å². The fourth-order valence-electron chi connectivity index (χ4n) is 4.65. The molecule has 5 nitrogen and oxygen atoms in total. The molecule has 2 aromatic rings. The summed E-state index contributed by atoms with van der Waals surface area (Å²) in [5.74, 6) is 1.23. The molecule has 28 heavy (non-hydrogen) atoms. The number of rotatable bonds is 2. The van der Waals surface area contributed by atoms with Crippen LogP contribution in [0.5, 0.6) is 0 Å². The van der Waals surface area contributed by atoms with Gasteiger partial charge in [0.25, 0.3) is 5.91 Å². The van der Waals surface area contributed by atoms with Gasteiger partial charge in [0, 0.05) is 24.2 Å². The molecule has 1 aromatic heterocycles. The summed E-state index contributed by atoms with van der Waals surface area (Å²) >= 11 is 0. The molecule has 1 saturated heterocycles. The zero-order valence-electron chi connectivity index (χ0n) is 16.5. The number of furan rings is 1. The molecule has 4 rings (SSSR count). The van der Waals surface area contributed by atoms with E-state index >= 15 is 0 Å². The topological polar surface area (TPSA) is 67.6 Å². The largest absolute Gasteiger partial charge is 0.460 e. The van der Waals surface area contributed by atoms with E-state index in [9.17, 15) is 13.2 Å². The lowest BCUT2D eigenvalue weighted by molar-refractivity contribution is 0.0723. The normalized spacial score (nSPS) is 21.0. The van der Waals surface area contributed by atoms with Gasteiger partial charge in [0.1, 0.15) is 11.5 Å². The number of benzene rings is 1. The molecule has 2 aliphatic rings. The van der Waals surface area contributed by atoms with Gasteiger partial charge in [-0.3, -0.25) is 4.79 Å². The second-order valence-corrected chi connectivity index (χ2v) is 10.6. The Labute approximate surface area is 166 Å². The van der Waals surface area contributed by atoms with E-state index in [0.717, 1.165) is 36.1 Å². The minimum absolute atomic E-state index is 0.0509. The quantitative estimate of drug-likeness (QED) is 0.759. The summed E-state index contributed by atoms with van der Waals surface area (Å²) in [7, 11) is -3.18. The number of carbonyl (C=O) groups excluding carboxylic acids is 1. The Morgan fingerprint density at radius 2 is 1.75 bits per heavy atom. The van der Waals surface area contributed by atoms with Crippen LogP contribution in [0.4, 0.5) is 0 Å². The monoisotopic (exact) mass is 401 g/mol. The SMILES string of the molecule is Cc1oc(-c2ccccc2)c(C(=O)N2CCS(=O)(=O)C3(CCCCC3)C2)c1C. The van der Waals surface area contributed by atoms with Gasteiger partial charge in [0.05, 0.1) is 16.1 Å². The van der Waals surface area contributed by atoms with Crippen molar-refractivity contribution in [3.63, 3.8) is 0 Å². The molecule has 2 heterocycles. The van der Waals surface area contributed by atoms with Gasteiger partial charge in [-0.15, -0.1) is 0 Å². The molecule has 1 saturated carbocycles. The molecule has 0 bridgehead atoms. The van der Waals surface area contributed by atoms with Gasteiger partial charge in [-0.05, 0) is 26.7 Å². The number of nitrogens with zero attached hydrogens (tertiary/aromatic N) is 1. The van der Waals surface area contributed by atoms with Crippen molar-refractivity contribution in [3.8, 4) is 11.3 Å². The highest BCUT2D eigenvalue weighted by molar-refractivity contribution is 7.92. The summed E-state index contributed by atoms with van der Waals surface area (Å²) in [6, 6.07) is 9.62. The first-order valence-electron chi connectivity index (χ1n) is 10.0. The van der Waals surface area contributed by atoms with Gasteiger partial charge >= 0.3 is 0 Å². The second-order valence-electron chi connectivity index (χ2n) is 8.14. The summed E-state index contributed by atoms with van der Waals surface area (Å²) < 4.78 is 30.9. The summed E-state index contributed by atoms with van der Waals surface area (Å²) in [5, 5.41) is 0. The molecule has 150 valence electrons. The molecule has 1 aliphatic carbocycles. The van der Waals surface area contributed by atoms with E-state index in [1.165, 1.54) is 0 Å². The first-order chi connectivity index (χ1) is 13.3. The second kappa shape index (κ2) is 7.07. The van der Waals surface area contributed by atoms with Crippen molar-refractivity contribution in [2.24, 2.45) is 0 Å². The van der Waals surface area contributed by atoms with E-state index in [0.29, 0.717) is 30.7 Å². The van der Waals surface area contributed by atoms with Gasteiger partial charge in [-0.1, -0.05) is 49.6 Å². The van der Waals surface area contributed by atoms with Crippen molar-refractivity contribution in [1.29, 1.82) is 0 Å². The maximum Gasteiger partial charge on any atom is 0.258 e. The van der Waals surface area contributed by atoms with Gasteiger partial charge < -0.3 is 9.32 Å². The van der Waals surface area contributed by atoms with Gasteiger partial charge in [-0.2, -0.15) is 0 Å². The average Bonchev–Trinajstić information content (AvgIpc) is 3.00. The van der Waals surface area contributed by atoms with E-state index in [1.807, 2.05) is 44.2 Å². The van der Waals surface area contributed by atoms with Crippen molar-refractivity contribution in [3.05, 3.63) is 47.2 Å². The maximum atomic E-state index is 13.5. The van der Waals surface area contributed by atoms with E-state index in [1.54, 1.807) is 4.90 Å². The van der Waals surface area contributed by atoms with Crippen LogP contribution in [0.1, 0.15) is 53.8 Å². The molecule has 0 atom stereocenters. The van der Waals surface area contributed by atoms with Crippen LogP contribution < -0.4 is 0 Å². The van der Waals surface area contributed by atoms with Crippen molar-refractivity contribution in [2.45, 2.75) is 50.7 Å². The number of sulfone groups is 1. The van der Waals surface area contributed by atoms with E-state index in [4.69, 9.17) is 4.42 Å². The lowest BCUT2D eigenvalue weighted by Gasteiger charge is -2.44. The molecule has 2 fully saturated rings. The molecule has 1 aliphatic heterocycles. The summed E-state index contributed by atoms with van der Waals surface area (Å²) in [6.07, 6.45) is 4.23. The van der Waals surface area contributed by atoms with Crippen LogP contribution in [-0.4, -0.2) is 42.8 Å². The standard InChI is InChI=1S/C22H27NO4S/c1-16-17(2)27-20(18-9-5-3-6-10-18)19(16)21(24)23-13-14-28(25,26)22(15-23)11-7-4-8-12-22/h3,5-6,9-10H,4,7-8,11-15H2,1-2H3. The smallest absolute Gasteiger partial charge is 0.258 e. The Bertz CT molecular complexity index is 985. The minimum Gasteiger partial charge on any atom is -0.460 e. The maximum absolute atomic E-state index is 13.5. The van der Waals surface area contributed by atoms with E-state index < -0.39 is 14.6 Å². The highest BCUT2D eigenvalue weighted by Crippen LogP contribution is 2.40. The number of hydrogen-bond donors (Lipinski definition) is 0. The third-order valence-electron chi connectivity index (χ3n) is 6.46. The van der Waals surface area contributed by atoms with Crippen LogP contribution in [0, 0.1) is 13.8 Å². The van der Waals surface area contributed by atoms with Crippen LogP contribution in [0.2, 0.25) is 0 Å². The molecule has 6 heteroatoms. The predicted molar refractivity (Wildman–Crippen MR) is 109 cm³/mol. The molecule has 0 radical (unpaired) electrons. The average molecular weight is 402 g/mol. The number of aryl methyl sites for hydroxylation is 1. The molecular formula is C22H27NO4S. The molecule has 1 amide bonds. The number of hydrogen-bond acceptors (Lipinski definition) is 4. The highest BCUT2D eigenvalue weighted by atomic mass is 32.2. The first kappa shape index (κ1) is 19.2. The summed E-state index contributed by atoms with van der Waals surface area (Å²) in [4.78, 5) is 15.3. The Hall–Kier alpha value is -2.08. The molecular weight excluding hydrogens is 374 g/mol. The Balaban J connectivity index is 1.71. The summed E-state index contributed by atoms with van der Waals surface area (Å²) in [5.41, 5.74) is 2.25. The molecule has 1 aromatic carbocycles. The van der Waals surface area contributed by atoms with Crippen LogP contribution in [-0.2, 0) is 9.84 Å². The molecule has 0 unspecified atom stereocenters. The van der Waals surface area contributed by atoms with Crippen molar-refractivity contribution in [2.75, 3.05) is 18.8 Å². The van der Waals surface area contributed by atoms with Crippen molar-refractivity contribution in [1.82, 2.24) is 4.90 Å². The highest BCUT2D eigenvalue weighted by Gasteiger charge is 2.49. The zero-order valence-corrected chi connectivity index (χ0v) is 17.3. The van der Waals surface area contributed by atoms with Gasteiger partial charge in [-0.25, -0.2) is 8.42 Å². The molecule has 1 spiro atoms. The third kappa shape index (κ3) is 3.08. The minimum atomic E-state index is -3.18. The van der Waals surface area contributed by atoms with E-state index in [2.05, 4.69) is 0 Å². The fourth-order valence-corrected chi connectivity index (χ4v) is 6.80. The Kier molecular flexibility index (Phi) is 4.86. The van der Waals surface area contributed by atoms with Crippen molar-refractivity contribution < 1.29 is 17.6 Å². The zero-order chi connectivity index (χ0) is 19.9. The van der Waals surface area contributed by atoms with Crippen LogP contribution in [0.25, 0.3) is 11.3 Å². The predicted octanol–water partition coefficient (Wildman–Crippen LogP) is 4.14. The Morgan fingerprint density at radius 3 is 2.43 bits per heavy atom.